The van der Waals surface area contributed by atoms with E-state index in [2.05, 4.69) is 0 Å². The second-order valence-electron chi connectivity index (χ2n) is 3.96. The summed E-state index contributed by atoms with van der Waals surface area (Å²) in [6, 6.07) is 12.9. The van der Waals surface area contributed by atoms with E-state index in [9.17, 15) is 4.79 Å². The highest BCUT2D eigenvalue weighted by molar-refractivity contribution is 7.98. The van der Waals surface area contributed by atoms with Crippen molar-refractivity contribution < 1.29 is 14.6 Å². The number of methoxy groups -OCH3 is 1. The van der Waals surface area contributed by atoms with E-state index < -0.39 is 5.97 Å². The summed E-state index contributed by atoms with van der Waals surface area (Å²) in [6.07, 6.45) is 2.00. The fraction of sp³-hybridized carbons (Fsp3) is 0.133. The van der Waals surface area contributed by atoms with Crippen LogP contribution >= 0.6 is 11.8 Å². The van der Waals surface area contributed by atoms with Gasteiger partial charge in [-0.05, 0) is 41.6 Å². The number of ether oxygens (including phenoxy) is 1. The SMILES string of the molecule is COc1cc(C(=O)O)cc(-c2ccccc2SC)c1. The van der Waals surface area contributed by atoms with Crippen molar-refractivity contribution in [3.05, 3.63) is 48.0 Å². The molecule has 0 amide bonds. The van der Waals surface area contributed by atoms with Crippen LogP contribution in [0.15, 0.2) is 47.4 Å². The van der Waals surface area contributed by atoms with Crippen molar-refractivity contribution in [2.45, 2.75) is 4.90 Å². The fourth-order valence-corrected chi connectivity index (χ4v) is 2.50. The molecule has 0 aliphatic rings. The Balaban J connectivity index is 2.61. The summed E-state index contributed by atoms with van der Waals surface area (Å²) in [4.78, 5) is 12.3. The molecule has 3 nitrogen and oxygen atoms in total. The maximum Gasteiger partial charge on any atom is 0.335 e. The molecule has 0 heterocycles. The molecule has 1 N–H and O–H groups in total. The van der Waals surface area contributed by atoms with Gasteiger partial charge < -0.3 is 9.84 Å². The van der Waals surface area contributed by atoms with Crippen LogP contribution < -0.4 is 4.74 Å². The number of carboxylic acid groups (broad SMARTS) is 1. The molecule has 2 rings (SSSR count). The van der Waals surface area contributed by atoms with Gasteiger partial charge in [0.05, 0.1) is 12.7 Å². The van der Waals surface area contributed by atoms with Gasteiger partial charge in [-0.25, -0.2) is 4.79 Å². The van der Waals surface area contributed by atoms with E-state index >= 15 is 0 Å². The lowest BCUT2D eigenvalue weighted by molar-refractivity contribution is 0.0696. The molecular weight excluding hydrogens is 260 g/mol. The Morgan fingerprint density at radius 2 is 1.95 bits per heavy atom. The number of aromatic carboxylic acids is 1. The van der Waals surface area contributed by atoms with E-state index in [0.717, 1.165) is 16.0 Å². The molecular formula is C15H14O3S. The lowest BCUT2D eigenvalue weighted by Gasteiger charge is -2.10. The maximum absolute atomic E-state index is 11.1. The highest BCUT2D eigenvalue weighted by atomic mass is 32.2. The van der Waals surface area contributed by atoms with Crippen molar-refractivity contribution in [3.8, 4) is 16.9 Å². The third-order valence-corrected chi connectivity index (χ3v) is 3.60. The monoisotopic (exact) mass is 274 g/mol. The average molecular weight is 274 g/mol. The Labute approximate surface area is 116 Å². The number of hydrogen-bond acceptors (Lipinski definition) is 3. The third-order valence-electron chi connectivity index (χ3n) is 2.81. The lowest BCUT2D eigenvalue weighted by atomic mass is 10.0. The molecule has 0 radical (unpaired) electrons. The van der Waals surface area contributed by atoms with Crippen molar-refractivity contribution >= 4 is 17.7 Å². The van der Waals surface area contributed by atoms with Crippen molar-refractivity contribution in [2.75, 3.05) is 13.4 Å². The first-order valence-corrected chi connectivity index (χ1v) is 6.94. The molecule has 0 saturated heterocycles. The van der Waals surface area contributed by atoms with Crippen LogP contribution in [0, 0.1) is 0 Å². The molecule has 0 bridgehead atoms. The molecule has 0 aromatic heterocycles. The molecule has 2 aromatic rings. The van der Waals surface area contributed by atoms with Crippen LogP contribution in [0.25, 0.3) is 11.1 Å². The van der Waals surface area contributed by atoms with Crippen LogP contribution in [-0.4, -0.2) is 24.4 Å². The molecule has 0 saturated carbocycles. The first-order valence-electron chi connectivity index (χ1n) is 5.71. The lowest BCUT2D eigenvalue weighted by Crippen LogP contribution is -1.98. The average Bonchev–Trinajstić information content (AvgIpc) is 2.46. The summed E-state index contributed by atoms with van der Waals surface area (Å²) in [5.74, 6) is -0.410. The highest BCUT2D eigenvalue weighted by Gasteiger charge is 2.10. The van der Waals surface area contributed by atoms with Gasteiger partial charge in [0.15, 0.2) is 0 Å². The number of rotatable bonds is 4. The molecule has 0 fully saturated rings. The molecule has 0 unspecified atom stereocenters. The molecule has 98 valence electrons. The van der Waals surface area contributed by atoms with Crippen molar-refractivity contribution in [2.24, 2.45) is 0 Å². The summed E-state index contributed by atoms with van der Waals surface area (Å²) in [6.45, 7) is 0. The molecule has 2 aromatic carbocycles. The summed E-state index contributed by atoms with van der Waals surface area (Å²) < 4.78 is 5.17. The van der Waals surface area contributed by atoms with Gasteiger partial charge in [0.2, 0.25) is 0 Å². The van der Waals surface area contributed by atoms with E-state index in [-0.39, 0.29) is 5.56 Å². The number of hydrogen-bond donors (Lipinski definition) is 1. The maximum atomic E-state index is 11.1. The van der Waals surface area contributed by atoms with Gasteiger partial charge in [-0.1, -0.05) is 18.2 Å². The normalized spacial score (nSPS) is 10.2. The van der Waals surface area contributed by atoms with Gasteiger partial charge in [-0.2, -0.15) is 0 Å². The second-order valence-corrected chi connectivity index (χ2v) is 4.80. The van der Waals surface area contributed by atoms with Gasteiger partial charge in [0.25, 0.3) is 0 Å². The number of benzene rings is 2. The molecule has 4 heteroatoms. The molecule has 0 aliphatic carbocycles. The molecule has 0 aliphatic heterocycles. The molecule has 0 atom stereocenters. The quantitative estimate of drug-likeness (QED) is 0.862. The summed E-state index contributed by atoms with van der Waals surface area (Å²) in [5, 5.41) is 9.14. The Morgan fingerprint density at radius 3 is 2.58 bits per heavy atom. The van der Waals surface area contributed by atoms with E-state index in [0.29, 0.717) is 5.75 Å². The zero-order valence-corrected chi connectivity index (χ0v) is 11.5. The van der Waals surface area contributed by atoms with Crippen molar-refractivity contribution in [3.63, 3.8) is 0 Å². The summed E-state index contributed by atoms with van der Waals surface area (Å²) in [5.41, 5.74) is 2.09. The predicted octanol–water partition coefficient (Wildman–Crippen LogP) is 3.78. The van der Waals surface area contributed by atoms with Crippen molar-refractivity contribution in [1.82, 2.24) is 0 Å². The van der Waals surface area contributed by atoms with E-state index in [1.807, 2.05) is 36.6 Å². The van der Waals surface area contributed by atoms with Crippen LogP contribution in [0.1, 0.15) is 10.4 Å². The van der Waals surface area contributed by atoms with E-state index in [4.69, 9.17) is 9.84 Å². The molecule has 19 heavy (non-hydrogen) atoms. The third kappa shape index (κ3) is 2.90. The van der Waals surface area contributed by atoms with Crippen LogP contribution in [0.4, 0.5) is 0 Å². The minimum atomic E-state index is -0.957. The van der Waals surface area contributed by atoms with Crippen LogP contribution in [-0.2, 0) is 0 Å². The van der Waals surface area contributed by atoms with Crippen LogP contribution in [0.2, 0.25) is 0 Å². The van der Waals surface area contributed by atoms with Crippen LogP contribution in [0.3, 0.4) is 0 Å². The topological polar surface area (TPSA) is 46.5 Å². The number of carbonyl (C=O) groups is 1. The first-order chi connectivity index (χ1) is 9.15. The Kier molecular flexibility index (Phi) is 4.12. The van der Waals surface area contributed by atoms with Gasteiger partial charge >= 0.3 is 5.97 Å². The standard InChI is InChI=1S/C15H14O3S/c1-18-12-8-10(7-11(9-12)15(16)17)13-5-3-4-6-14(13)19-2/h3-9H,1-2H3,(H,16,17). The van der Waals surface area contributed by atoms with Crippen LogP contribution in [0.5, 0.6) is 5.75 Å². The first kappa shape index (κ1) is 13.5. The second kappa shape index (κ2) is 5.80. The largest absolute Gasteiger partial charge is 0.497 e. The van der Waals surface area contributed by atoms with E-state index in [1.165, 1.54) is 13.2 Å². The summed E-state index contributed by atoms with van der Waals surface area (Å²) in [7, 11) is 1.53. The van der Waals surface area contributed by atoms with Gasteiger partial charge in [0.1, 0.15) is 5.75 Å². The smallest absolute Gasteiger partial charge is 0.335 e. The summed E-state index contributed by atoms with van der Waals surface area (Å²) >= 11 is 1.63. The van der Waals surface area contributed by atoms with E-state index in [1.54, 1.807) is 17.8 Å². The highest BCUT2D eigenvalue weighted by Crippen LogP contribution is 2.32. The zero-order chi connectivity index (χ0) is 13.8. The van der Waals surface area contributed by atoms with Gasteiger partial charge in [-0.3, -0.25) is 0 Å². The zero-order valence-electron chi connectivity index (χ0n) is 10.7. The fourth-order valence-electron chi connectivity index (χ4n) is 1.88. The van der Waals surface area contributed by atoms with Gasteiger partial charge in [-0.15, -0.1) is 11.8 Å². The minimum Gasteiger partial charge on any atom is -0.497 e. The minimum absolute atomic E-state index is 0.227. The number of carboxylic acids is 1. The Morgan fingerprint density at radius 1 is 1.21 bits per heavy atom. The van der Waals surface area contributed by atoms with Crippen molar-refractivity contribution in [1.29, 1.82) is 0 Å². The molecule has 0 spiro atoms. The Hall–Kier alpha value is -1.94. The number of thioether (sulfide) groups is 1. The predicted molar refractivity (Wildman–Crippen MR) is 77.2 cm³/mol. The Bertz CT molecular complexity index is 608. The van der Waals surface area contributed by atoms with Gasteiger partial charge in [0, 0.05) is 4.90 Å².